The van der Waals surface area contributed by atoms with Gasteiger partial charge in [0.05, 0.1) is 18.3 Å². The Labute approximate surface area is 182 Å². The largest absolute Gasteiger partial charge is 0.495 e. The van der Waals surface area contributed by atoms with Gasteiger partial charge in [0, 0.05) is 36.8 Å². The summed E-state index contributed by atoms with van der Waals surface area (Å²) in [5.41, 5.74) is 3.58. The third kappa shape index (κ3) is 4.59. The first kappa shape index (κ1) is 20.2. The van der Waals surface area contributed by atoms with Crippen molar-refractivity contribution >= 4 is 23.2 Å². The molecule has 0 radical (unpaired) electrons. The van der Waals surface area contributed by atoms with Gasteiger partial charge in [0.25, 0.3) is 0 Å². The van der Waals surface area contributed by atoms with E-state index in [9.17, 15) is 0 Å². The molecule has 29 heavy (non-hydrogen) atoms. The van der Waals surface area contributed by atoms with Crippen LogP contribution >= 0.6 is 23.2 Å². The summed E-state index contributed by atoms with van der Waals surface area (Å²) in [7, 11) is 1.66. The molecule has 150 valence electrons. The average molecular weight is 427 g/mol. The van der Waals surface area contributed by atoms with Gasteiger partial charge in [-0.3, -0.25) is 9.80 Å². The molecule has 0 N–H and O–H groups in total. The number of methoxy groups -OCH3 is 1. The summed E-state index contributed by atoms with van der Waals surface area (Å²) in [5, 5.41) is 1.17. The topological polar surface area (TPSA) is 15.7 Å². The lowest BCUT2D eigenvalue weighted by Gasteiger charge is -2.32. The highest BCUT2D eigenvalue weighted by atomic mass is 35.5. The molecular weight excluding hydrogens is 403 g/mol. The summed E-state index contributed by atoms with van der Waals surface area (Å²) >= 11 is 12.9. The zero-order chi connectivity index (χ0) is 20.2. The van der Waals surface area contributed by atoms with Gasteiger partial charge in [0.2, 0.25) is 0 Å². The zero-order valence-electron chi connectivity index (χ0n) is 16.4. The van der Waals surface area contributed by atoms with Gasteiger partial charge in [-0.1, -0.05) is 83.9 Å². The highest BCUT2D eigenvalue weighted by Gasteiger charge is 2.35. The van der Waals surface area contributed by atoms with Crippen LogP contribution in [0.15, 0.2) is 72.8 Å². The second-order valence-corrected chi connectivity index (χ2v) is 8.14. The van der Waals surface area contributed by atoms with E-state index in [0.29, 0.717) is 15.8 Å². The lowest BCUT2D eigenvalue weighted by molar-refractivity contribution is 0.123. The summed E-state index contributed by atoms with van der Waals surface area (Å²) in [6.07, 6.45) is 0.0292. The Kier molecular flexibility index (Phi) is 6.41. The molecule has 4 rings (SSSR count). The van der Waals surface area contributed by atoms with E-state index in [4.69, 9.17) is 27.9 Å². The fraction of sp³-hybridized carbons (Fsp3) is 0.250. The van der Waals surface area contributed by atoms with E-state index in [1.54, 1.807) is 13.2 Å². The van der Waals surface area contributed by atoms with Crippen LogP contribution in [0, 0.1) is 0 Å². The third-order valence-corrected chi connectivity index (χ3v) is 5.84. The van der Waals surface area contributed by atoms with Gasteiger partial charge < -0.3 is 4.74 Å². The van der Waals surface area contributed by atoms with Crippen LogP contribution in [0.2, 0.25) is 10.0 Å². The van der Waals surface area contributed by atoms with Crippen LogP contribution in [-0.4, -0.2) is 30.0 Å². The summed E-state index contributed by atoms with van der Waals surface area (Å²) < 4.78 is 5.70. The molecule has 0 bridgehead atoms. The highest BCUT2D eigenvalue weighted by Crippen LogP contribution is 2.42. The smallest absolute Gasteiger partial charge is 0.143 e. The Balaban J connectivity index is 1.71. The first-order chi connectivity index (χ1) is 14.2. The standard InChI is InChI=1S/C24H24Cl2N2O/c1-29-23-21(14-20(25)15-22(23)26)24-27(16-18-8-4-2-5-9-18)12-13-28(24)17-19-10-6-3-7-11-19/h2-11,14-15,24H,12-13,16-17H2,1H3. The van der Waals surface area contributed by atoms with Crippen LogP contribution in [0.5, 0.6) is 5.75 Å². The fourth-order valence-corrected chi connectivity index (χ4v) is 4.67. The van der Waals surface area contributed by atoms with E-state index < -0.39 is 0 Å². The number of rotatable bonds is 6. The number of hydrogen-bond donors (Lipinski definition) is 0. The first-order valence-electron chi connectivity index (χ1n) is 9.74. The maximum atomic E-state index is 6.48. The van der Waals surface area contributed by atoms with Crippen molar-refractivity contribution in [2.24, 2.45) is 0 Å². The molecule has 3 nitrogen and oxygen atoms in total. The maximum Gasteiger partial charge on any atom is 0.143 e. The Morgan fingerprint density at radius 1 is 0.828 bits per heavy atom. The highest BCUT2D eigenvalue weighted by molar-refractivity contribution is 6.35. The van der Waals surface area contributed by atoms with Gasteiger partial charge in [-0.05, 0) is 23.3 Å². The molecule has 0 atom stereocenters. The van der Waals surface area contributed by atoms with E-state index in [1.807, 2.05) is 18.2 Å². The molecule has 1 fully saturated rings. The minimum Gasteiger partial charge on any atom is -0.495 e. The molecule has 1 aliphatic rings. The van der Waals surface area contributed by atoms with E-state index in [0.717, 1.165) is 31.7 Å². The van der Waals surface area contributed by atoms with Crippen LogP contribution in [-0.2, 0) is 13.1 Å². The van der Waals surface area contributed by atoms with Gasteiger partial charge in [-0.25, -0.2) is 0 Å². The number of nitrogens with zero attached hydrogens (tertiary/aromatic N) is 2. The maximum absolute atomic E-state index is 6.48. The van der Waals surface area contributed by atoms with Crippen molar-refractivity contribution in [1.82, 2.24) is 9.80 Å². The quantitative estimate of drug-likeness (QED) is 0.479. The minimum absolute atomic E-state index is 0.0292. The van der Waals surface area contributed by atoms with E-state index in [1.165, 1.54) is 11.1 Å². The molecule has 3 aromatic rings. The second-order valence-electron chi connectivity index (χ2n) is 7.30. The van der Waals surface area contributed by atoms with Crippen LogP contribution in [0.1, 0.15) is 22.9 Å². The molecular formula is C24H24Cl2N2O. The van der Waals surface area contributed by atoms with Gasteiger partial charge in [-0.15, -0.1) is 0 Å². The Morgan fingerprint density at radius 3 is 1.83 bits per heavy atom. The summed E-state index contributed by atoms with van der Waals surface area (Å²) in [5.74, 6) is 0.694. The lowest BCUT2D eigenvalue weighted by Crippen LogP contribution is -2.31. The Bertz CT molecular complexity index is 900. The number of hydrogen-bond acceptors (Lipinski definition) is 3. The number of benzene rings is 3. The fourth-order valence-electron chi connectivity index (χ4n) is 4.08. The molecule has 1 saturated heterocycles. The van der Waals surface area contributed by atoms with E-state index in [2.05, 4.69) is 58.3 Å². The summed E-state index contributed by atoms with van der Waals surface area (Å²) in [6, 6.07) is 24.8. The van der Waals surface area contributed by atoms with Gasteiger partial charge >= 0.3 is 0 Å². The second kappa shape index (κ2) is 9.19. The summed E-state index contributed by atoms with van der Waals surface area (Å²) in [4.78, 5) is 4.92. The van der Waals surface area contributed by atoms with Gasteiger partial charge in [0.15, 0.2) is 0 Å². The molecule has 0 unspecified atom stereocenters. The van der Waals surface area contributed by atoms with Crippen molar-refractivity contribution in [3.63, 3.8) is 0 Å². The van der Waals surface area contributed by atoms with Crippen LogP contribution in [0.3, 0.4) is 0 Å². The molecule has 0 aliphatic carbocycles. The molecule has 3 aromatic carbocycles. The molecule has 0 spiro atoms. The molecule has 0 aromatic heterocycles. The van der Waals surface area contributed by atoms with Gasteiger partial charge in [-0.2, -0.15) is 0 Å². The van der Waals surface area contributed by atoms with Crippen molar-refractivity contribution in [3.05, 3.63) is 99.5 Å². The molecule has 1 aliphatic heterocycles. The Hall–Kier alpha value is -2.04. The third-order valence-electron chi connectivity index (χ3n) is 5.34. The monoisotopic (exact) mass is 426 g/mol. The number of halogens is 2. The molecule has 0 amide bonds. The SMILES string of the molecule is COc1c(Cl)cc(Cl)cc1C1N(Cc2ccccc2)CCN1Cc1ccccc1. The van der Waals surface area contributed by atoms with Crippen molar-refractivity contribution in [1.29, 1.82) is 0 Å². The van der Waals surface area contributed by atoms with Crippen LogP contribution < -0.4 is 4.74 Å². The summed E-state index contributed by atoms with van der Waals surface area (Å²) in [6.45, 7) is 3.62. The molecule has 0 saturated carbocycles. The molecule has 5 heteroatoms. The average Bonchev–Trinajstić information content (AvgIpc) is 3.11. The van der Waals surface area contributed by atoms with Crippen LogP contribution in [0.25, 0.3) is 0 Å². The minimum atomic E-state index is 0.0292. The molecule has 1 heterocycles. The van der Waals surface area contributed by atoms with Gasteiger partial charge in [0.1, 0.15) is 5.75 Å². The number of ether oxygens (including phenoxy) is 1. The van der Waals surface area contributed by atoms with Crippen molar-refractivity contribution < 1.29 is 4.74 Å². The zero-order valence-corrected chi connectivity index (χ0v) is 17.9. The Morgan fingerprint density at radius 2 is 1.34 bits per heavy atom. The van der Waals surface area contributed by atoms with E-state index >= 15 is 0 Å². The van der Waals surface area contributed by atoms with Crippen molar-refractivity contribution in [3.8, 4) is 5.75 Å². The van der Waals surface area contributed by atoms with Crippen molar-refractivity contribution in [2.75, 3.05) is 20.2 Å². The van der Waals surface area contributed by atoms with Crippen LogP contribution in [0.4, 0.5) is 0 Å². The first-order valence-corrected chi connectivity index (χ1v) is 10.5. The predicted octanol–water partition coefficient (Wildman–Crippen LogP) is 6.02. The predicted molar refractivity (Wildman–Crippen MR) is 119 cm³/mol. The normalized spacial score (nSPS) is 15.7. The lowest BCUT2D eigenvalue weighted by atomic mass is 10.1. The van der Waals surface area contributed by atoms with Crippen molar-refractivity contribution in [2.45, 2.75) is 19.3 Å². The van der Waals surface area contributed by atoms with E-state index in [-0.39, 0.29) is 6.17 Å².